The van der Waals surface area contributed by atoms with Crippen molar-refractivity contribution in [3.63, 3.8) is 0 Å². The summed E-state index contributed by atoms with van der Waals surface area (Å²) in [6, 6.07) is 5.03. The van der Waals surface area contributed by atoms with E-state index in [0.717, 1.165) is 0 Å². The van der Waals surface area contributed by atoms with E-state index in [1.807, 2.05) is 0 Å². The molecular formula is C16H23N3O5S. The molecule has 0 saturated carbocycles. The Morgan fingerprint density at radius 3 is 2.16 bits per heavy atom. The summed E-state index contributed by atoms with van der Waals surface area (Å²) in [5.74, 6) is 0.0195. The second-order valence-corrected chi connectivity index (χ2v) is 6.04. The van der Waals surface area contributed by atoms with Gasteiger partial charge >= 0.3 is 16.5 Å². The van der Waals surface area contributed by atoms with Crippen molar-refractivity contribution in [3.05, 3.63) is 29.8 Å². The van der Waals surface area contributed by atoms with Crippen LogP contribution in [0.3, 0.4) is 0 Å². The molecule has 0 radical (unpaired) electrons. The summed E-state index contributed by atoms with van der Waals surface area (Å²) in [5.41, 5.74) is -0.651. The van der Waals surface area contributed by atoms with Gasteiger partial charge in [0, 0.05) is 7.05 Å². The standard InChI is InChI=1S/C16H23N3O5S/c1-5-16(6-2,14(20)18-15(21)17-3)13(19-25(22)23)11-7-9-12(24-4)10-8-11/h7-10,13H,5-6H2,1-4H3,(H2,17,18,20,21). The summed E-state index contributed by atoms with van der Waals surface area (Å²) in [7, 11) is 0.185. The molecule has 1 atom stereocenters. The number of urea groups is 1. The number of amides is 3. The number of nitrogens with zero attached hydrogens (tertiary/aromatic N) is 1. The second-order valence-electron chi connectivity index (χ2n) is 5.39. The molecule has 0 aromatic heterocycles. The number of hydrogen-bond acceptors (Lipinski definition) is 6. The zero-order chi connectivity index (χ0) is 19.0. The summed E-state index contributed by atoms with van der Waals surface area (Å²) in [4.78, 5) is 24.3. The van der Waals surface area contributed by atoms with Gasteiger partial charge in [-0.15, -0.1) is 0 Å². The highest BCUT2D eigenvalue weighted by Gasteiger charge is 2.45. The predicted molar refractivity (Wildman–Crippen MR) is 92.7 cm³/mol. The maximum Gasteiger partial charge on any atom is 0.321 e. The predicted octanol–water partition coefficient (Wildman–Crippen LogP) is 2.06. The van der Waals surface area contributed by atoms with Crippen molar-refractivity contribution in [1.29, 1.82) is 0 Å². The number of carbonyl (C=O) groups excluding carboxylic acids is 2. The smallest absolute Gasteiger partial charge is 0.321 e. The van der Waals surface area contributed by atoms with Gasteiger partial charge in [0.05, 0.1) is 12.5 Å². The van der Waals surface area contributed by atoms with Gasteiger partial charge < -0.3 is 10.1 Å². The van der Waals surface area contributed by atoms with Crippen LogP contribution in [0.25, 0.3) is 0 Å². The summed E-state index contributed by atoms with van der Waals surface area (Å²) >= 11 is 0. The fraction of sp³-hybridized carbons (Fsp3) is 0.500. The van der Waals surface area contributed by atoms with Crippen LogP contribution in [0.4, 0.5) is 4.79 Å². The number of carbonyl (C=O) groups is 2. The van der Waals surface area contributed by atoms with E-state index in [2.05, 4.69) is 15.0 Å². The first-order valence-electron chi connectivity index (χ1n) is 7.81. The minimum absolute atomic E-state index is 0.295. The summed E-state index contributed by atoms with van der Waals surface area (Å²) < 4.78 is 31.4. The molecule has 1 unspecified atom stereocenters. The highest BCUT2D eigenvalue weighted by atomic mass is 32.2. The van der Waals surface area contributed by atoms with Crippen molar-refractivity contribution in [1.82, 2.24) is 10.6 Å². The van der Waals surface area contributed by atoms with Crippen LogP contribution in [-0.2, 0) is 15.3 Å². The lowest BCUT2D eigenvalue weighted by atomic mass is 9.72. The average molecular weight is 369 g/mol. The number of hydrogen-bond donors (Lipinski definition) is 2. The first-order chi connectivity index (χ1) is 11.8. The molecule has 25 heavy (non-hydrogen) atoms. The molecule has 0 aliphatic rings. The van der Waals surface area contributed by atoms with Crippen LogP contribution in [0.2, 0.25) is 0 Å². The van der Waals surface area contributed by atoms with Crippen LogP contribution in [0.5, 0.6) is 5.75 Å². The van der Waals surface area contributed by atoms with E-state index in [-0.39, 0.29) is 0 Å². The maximum atomic E-state index is 12.8. The highest BCUT2D eigenvalue weighted by molar-refractivity contribution is 7.61. The van der Waals surface area contributed by atoms with Crippen LogP contribution in [0.1, 0.15) is 38.3 Å². The molecule has 8 nitrogen and oxygen atoms in total. The van der Waals surface area contributed by atoms with Crippen LogP contribution in [-0.4, -0.2) is 34.5 Å². The lowest BCUT2D eigenvalue weighted by molar-refractivity contribution is -0.131. The van der Waals surface area contributed by atoms with Gasteiger partial charge in [-0.25, -0.2) is 4.79 Å². The number of nitrogens with one attached hydrogen (secondary N) is 2. The molecule has 0 aliphatic carbocycles. The number of rotatable bonds is 7. The molecule has 2 N–H and O–H groups in total. The molecule has 0 aliphatic heterocycles. The Morgan fingerprint density at radius 1 is 1.20 bits per heavy atom. The first-order valence-corrected chi connectivity index (χ1v) is 8.85. The van der Waals surface area contributed by atoms with Gasteiger partial charge in [-0.2, -0.15) is 12.8 Å². The van der Waals surface area contributed by atoms with Crippen molar-refractivity contribution in [3.8, 4) is 5.75 Å². The van der Waals surface area contributed by atoms with E-state index in [9.17, 15) is 18.0 Å². The Hall–Kier alpha value is -2.42. The minimum atomic E-state index is -2.72. The fourth-order valence-corrected chi connectivity index (χ4v) is 3.22. The fourth-order valence-electron chi connectivity index (χ4n) is 2.73. The molecule has 1 aromatic carbocycles. The molecule has 138 valence electrons. The number of imide groups is 1. The lowest BCUT2D eigenvalue weighted by Crippen LogP contribution is -2.48. The van der Waals surface area contributed by atoms with Crippen molar-refractivity contribution in [2.75, 3.05) is 14.2 Å². The lowest BCUT2D eigenvalue weighted by Gasteiger charge is -2.34. The molecule has 0 heterocycles. The molecule has 0 bridgehead atoms. The van der Waals surface area contributed by atoms with Gasteiger partial charge in [0.1, 0.15) is 11.8 Å². The first kappa shape index (κ1) is 20.6. The van der Waals surface area contributed by atoms with Gasteiger partial charge in [-0.3, -0.25) is 10.1 Å². The third-order valence-electron chi connectivity index (χ3n) is 4.31. The average Bonchev–Trinajstić information content (AvgIpc) is 2.61. The van der Waals surface area contributed by atoms with Gasteiger partial charge in [-0.1, -0.05) is 26.0 Å². The molecule has 1 aromatic rings. The molecule has 0 spiro atoms. The SMILES string of the molecule is CCC(CC)(C(=O)NC(=O)NC)C(N=S(=O)=O)c1ccc(OC)cc1. The molecule has 0 fully saturated rings. The minimum Gasteiger partial charge on any atom is -0.497 e. The van der Waals surface area contributed by atoms with Crippen molar-refractivity contribution < 1.29 is 22.7 Å². The number of ether oxygens (including phenoxy) is 1. The Labute approximate surface area is 148 Å². The Morgan fingerprint density at radius 2 is 1.76 bits per heavy atom. The zero-order valence-corrected chi connectivity index (χ0v) is 15.5. The largest absolute Gasteiger partial charge is 0.497 e. The van der Waals surface area contributed by atoms with E-state index in [0.29, 0.717) is 24.2 Å². The number of methoxy groups -OCH3 is 1. The Balaban J connectivity index is 3.47. The Kier molecular flexibility index (Phi) is 7.56. The van der Waals surface area contributed by atoms with Gasteiger partial charge in [0.2, 0.25) is 5.91 Å². The maximum absolute atomic E-state index is 12.8. The van der Waals surface area contributed by atoms with E-state index >= 15 is 0 Å². The van der Waals surface area contributed by atoms with Gasteiger partial charge in [-0.05, 0) is 30.5 Å². The van der Waals surface area contributed by atoms with Crippen LogP contribution >= 0.6 is 0 Å². The Bertz CT molecular complexity index is 732. The van der Waals surface area contributed by atoms with Crippen LogP contribution in [0, 0.1) is 5.41 Å². The highest BCUT2D eigenvalue weighted by Crippen LogP contribution is 2.43. The topological polar surface area (TPSA) is 114 Å². The number of benzene rings is 1. The van der Waals surface area contributed by atoms with Gasteiger partial charge in [0.25, 0.3) is 0 Å². The van der Waals surface area contributed by atoms with Gasteiger partial charge in [0.15, 0.2) is 0 Å². The quantitative estimate of drug-likeness (QED) is 0.763. The third-order valence-corrected chi connectivity index (χ3v) is 4.70. The van der Waals surface area contributed by atoms with E-state index < -0.39 is 33.9 Å². The molecular weight excluding hydrogens is 346 g/mol. The summed E-state index contributed by atoms with van der Waals surface area (Å²) in [6.07, 6.45) is 0.591. The van der Waals surface area contributed by atoms with Crippen LogP contribution < -0.4 is 15.4 Å². The molecule has 0 saturated heterocycles. The molecule has 9 heteroatoms. The van der Waals surface area contributed by atoms with E-state index in [1.165, 1.54) is 14.2 Å². The second kappa shape index (κ2) is 9.16. The zero-order valence-electron chi connectivity index (χ0n) is 14.7. The van der Waals surface area contributed by atoms with Crippen molar-refractivity contribution in [2.24, 2.45) is 9.78 Å². The van der Waals surface area contributed by atoms with E-state index in [1.54, 1.807) is 38.1 Å². The monoisotopic (exact) mass is 369 g/mol. The normalized spacial score (nSPS) is 12.0. The van der Waals surface area contributed by atoms with Crippen LogP contribution in [0.15, 0.2) is 28.6 Å². The third kappa shape index (κ3) is 4.79. The summed E-state index contributed by atoms with van der Waals surface area (Å²) in [5, 5.41) is 4.55. The van der Waals surface area contributed by atoms with Crippen molar-refractivity contribution >= 4 is 22.4 Å². The summed E-state index contributed by atoms with van der Waals surface area (Å²) in [6.45, 7) is 3.51. The van der Waals surface area contributed by atoms with Crippen molar-refractivity contribution in [2.45, 2.75) is 32.7 Å². The molecule has 3 amide bonds. The van der Waals surface area contributed by atoms with E-state index in [4.69, 9.17) is 4.74 Å². The molecule has 1 rings (SSSR count).